The van der Waals surface area contributed by atoms with Crippen LogP contribution in [0.15, 0.2) is 12.1 Å². The Balaban J connectivity index is 2.44. The number of halogens is 2. The van der Waals surface area contributed by atoms with E-state index in [9.17, 15) is 4.39 Å². The van der Waals surface area contributed by atoms with Gasteiger partial charge in [0.05, 0.1) is 14.6 Å². The van der Waals surface area contributed by atoms with Crippen molar-refractivity contribution >= 4 is 45.8 Å². The Morgan fingerprint density at radius 2 is 2.29 bits per heavy atom. The van der Waals surface area contributed by atoms with E-state index in [-0.39, 0.29) is 5.82 Å². The summed E-state index contributed by atoms with van der Waals surface area (Å²) in [6, 6.07) is 3.30. The van der Waals surface area contributed by atoms with Crippen molar-refractivity contribution in [1.82, 2.24) is 9.55 Å². The molecule has 0 spiro atoms. The molecule has 0 atom stereocenters. The lowest BCUT2D eigenvalue weighted by atomic mass is 10.3. The highest BCUT2D eigenvalue weighted by molar-refractivity contribution is 14.1. The van der Waals surface area contributed by atoms with Crippen LogP contribution in [-0.2, 0) is 11.3 Å². The van der Waals surface area contributed by atoms with Gasteiger partial charge in [-0.3, -0.25) is 0 Å². The SMILES string of the molecule is COCCCn1c(=S)[nH]c2cc(I)c(F)cc21. The molecule has 0 aliphatic rings. The number of H-pyrrole nitrogens is 1. The molecule has 1 aromatic carbocycles. The van der Waals surface area contributed by atoms with Gasteiger partial charge in [-0.15, -0.1) is 0 Å². The highest BCUT2D eigenvalue weighted by atomic mass is 127. The van der Waals surface area contributed by atoms with Crippen molar-refractivity contribution in [3.8, 4) is 0 Å². The second-order valence-corrected chi connectivity index (χ2v) is 5.26. The average Bonchev–Trinajstić information content (AvgIpc) is 2.57. The van der Waals surface area contributed by atoms with Gasteiger partial charge >= 0.3 is 0 Å². The Morgan fingerprint density at radius 3 is 3.00 bits per heavy atom. The summed E-state index contributed by atoms with van der Waals surface area (Å²) in [6.45, 7) is 1.40. The van der Waals surface area contributed by atoms with Crippen molar-refractivity contribution < 1.29 is 9.13 Å². The fraction of sp³-hybridized carbons (Fsp3) is 0.364. The number of aromatic amines is 1. The zero-order valence-corrected chi connectivity index (χ0v) is 12.3. The highest BCUT2D eigenvalue weighted by Gasteiger charge is 2.08. The molecule has 17 heavy (non-hydrogen) atoms. The molecule has 0 amide bonds. The smallest absolute Gasteiger partial charge is 0.178 e. The maximum absolute atomic E-state index is 13.5. The molecule has 0 radical (unpaired) electrons. The van der Waals surface area contributed by atoms with Crippen molar-refractivity contribution in [2.45, 2.75) is 13.0 Å². The number of hydrogen-bond acceptors (Lipinski definition) is 2. The molecule has 1 N–H and O–H groups in total. The van der Waals surface area contributed by atoms with Crippen molar-refractivity contribution in [3.05, 3.63) is 26.3 Å². The summed E-state index contributed by atoms with van der Waals surface area (Å²) >= 11 is 7.20. The summed E-state index contributed by atoms with van der Waals surface area (Å²) in [5.74, 6) is -0.215. The van der Waals surface area contributed by atoms with E-state index >= 15 is 0 Å². The quantitative estimate of drug-likeness (QED) is 0.510. The molecule has 92 valence electrons. The Morgan fingerprint density at radius 1 is 1.53 bits per heavy atom. The summed E-state index contributed by atoms with van der Waals surface area (Å²) in [7, 11) is 1.66. The summed E-state index contributed by atoms with van der Waals surface area (Å²) in [5, 5.41) is 0. The number of nitrogens with one attached hydrogen (secondary N) is 1. The van der Waals surface area contributed by atoms with Gasteiger partial charge in [-0.05, 0) is 47.3 Å². The van der Waals surface area contributed by atoms with Gasteiger partial charge in [-0.1, -0.05) is 0 Å². The first-order valence-electron chi connectivity index (χ1n) is 5.20. The Labute approximate surface area is 117 Å². The summed E-state index contributed by atoms with van der Waals surface area (Å²) in [4.78, 5) is 3.09. The minimum Gasteiger partial charge on any atom is -0.385 e. The maximum atomic E-state index is 13.5. The molecule has 1 heterocycles. The Kier molecular flexibility index (Phi) is 4.16. The largest absolute Gasteiger partial charge is 0.385 e. The monoisotopic (exact) mass is 366 g/mol. The zero-order valence-electron chi connectivity index (χ0n) is 9.30. The number of benzene rings is 1. The normalized spacial score (nSPS) is 11.2. The molecular formula is C11H12FIN2OS. The van der Waals surface area contributed by atoms with Gasteiger partial charge in [0.1, 0.15) is 5.82 Å². The lowest BCUT2D eigenvalue weighted by Crippen LogP contribution is -2.01. The van der Waals surface area contributed by atoms with Gasteiger partial charge in [-0.2, -0.15) is 0 Å². The van der Waals surface area contributed by atoms with Crippen LogP contribution < -0.4 is 0 Å². The summed E-state index contributed by atoms with van der Waals surface area (Å²) in [5.41, 5.74) is 1.68. The van der Waals surface area contributed by atoms with E-state index in [1.165, 1.54) is 6.07 Å². The zero-order chi connectivity index (χ0) is 12.4. The third kappa shape index (κ3) is 2.69. The molecule has 0 unspecified atom stereocenters. The predicted molar refractivity (Wildman–Crippen MR) is 76.3 cm³/mol. The van der Waals surface area contributed by atoms with Gasteiger partial charge in [0.2, 0.25) is 0 Å². The average molecular weight is 366 g/mol. The van der Waals surface area contributed by atoms with E-state index in [1.807, 2.05) is 27.2 Å². The standard InChI is InChI=1S/C11H12FIN2OS/c1-16-4-2-3-15-10-5-7(12)8(13)6-9(10)14-11(15)17/h5-6H,2-4H2,1H3,(H,14,17). The van der Waals surface area contributed by atoms with Crippen LogP contribution in [0.2, 0.25) is 0 Å². The van der Waals surface area contributed by atoms with Gasteiger partial charge in [0, 0.05) is 26.3 Å². The minimum absolute atomic E-state index is 0.215. The van der Waals surface area contributed by atoms with Crippen LogP contribution in [0.3, 0.4) is 0 Å². The molecule has 3 nitrogen and oxygen atoms in total. The molecule has 0 aliphatic carbocycles. The minimum atomic E-state index is -0.215. The molecule has 0 fully saturated rings. The third-order valence-corrected chi connectivity index (χ3v) is 3.70. The molecule has 0 saturated carbocycles. The van der Waals surface area contributed by atoms with Gasteiger partial charge in [0.25, 0.3) is 0 Å². The van der Waals surface area contributed by atoms with Crippen molar-refractivity contribution in [2.75, 3.05) is 13.7 Å². The van der Waals surface area contributed by atoms with E-state index < -0.39 is 0 Å². The summed E-state index contributed by atoms with van der Waals surface area (Å²) < 4.78 is 21.7. The highest BCUT2D eigenvalue weighted by Crippen LogP contribution is 2.20. The number of imidazole rings is 1. The van der Waals surface area contributed by atoms with E-state index in [0.717, 1.165) is 24.0 Å². The second-order valence-electron chi connectivity index (χ2n) is 3.71. The number of methoxy groups -OCH3 is 1. The number of ether oxygens (including phenoxy) is 1. The van der Waals surface area contributed by atoms with Crippen LogP contribution in [0.25, 0.3) is 11.0 Å². The molecule has 6 heteroatoms. The van der Waals surface area contributed by atoms with Crippen LogP contribution in [0.1, 0.15) is 6.42 Å². The van der Waals surface area contributed by atoms with E-state index in [0.29, 0.717) is 14.9 Å². The second kappa shape index (κ2) is 5.45. The van der Waals surface area contributed by atoms with Crippen LogP contribution >= 0.6 is 34.8 Å². The van der Waals surface area contributed by atoms with Crippen molar-refractivity contribution in [2.24, 2.45) is 0 Å². The number of fused-ring (bicyclic) bond motifs is 1. The fourth-order valence-electron chi connectivity index (χ4n) is 1.74. The maximum Gasteiger partial charge on any atom is 0.178 e. The van der Waals surface area contributed by atoms with E-state index in [4.69, 9.17) is 17.0 Å². The molecule has 2 aromatic rings. The Hall–Kier alpha value is -0.470. The summed E-state index contributed by atoms with van der Waals surface area (Å²) in [6.07, 6.45) is 0.853. The van der Waals surface area contributed by atoms with Gasteiger partial charge in [-0.25, -0.2) is 4.39 Å². The molecule has 1 aromatic heterocycles. The predicted octanol–water partition coefficient (Wildman–Crippen LogP) is 3.48. The van der Waals surface area contributed by atoms with Crippen molar-refractivity contribution in [3.63, 3.8) is 0 Å². The van der Waals surface area contributed by atoms with Crippen LogP contribution in [0.4, 0.5) is 4.39 Å². The molecule has 0 saturated heterocycles. The Bertz CT molecular complexity index is 593. The van der Waals surface area contributed by atoms with Crippen molar-refractivity contribution in [1.29, 1.82) is 0 Å². The number of aromatic nitrogens is 2. The van der Waals surface area contributed by atoms with Crippen LogP contribution in [0.5, 0.6) is 0 Å². The number of nitrogens with zero attached hydrogens (tertiary/aromatic N) is 1. The van der Waals surface area contributed by atoms with Crippen LogP contribution in [0, 0.1) is 14.2 Å². The fourth-order valence-corrected chi connectivity index (χ4v) is 2.51. The van der Waals surface area contributed by atoms with Crippen LogP contribution in [-0.4, -0.2) is 23.3 Å². The lowest BCUT2D eigenvalue weighted by molar-refractivity contribution is 0.190. The number of rotatable bonds is 4. The molecule has 2 rings (SSSR count). The lowest BCUT2D eigenvalue weighted by Gasteiger charge is -2.04. The molecule has 0 aliphatic heterocycles. The number of aryl methyl sites for hydroxylation is 1. The number of hydrogen-bond donors (Lipinski definition) is 1. The first-order chi connectivity index (χ1) is 8.13. The first-order valence-corrected chi connectivity index (χ1v) is 6.68. The van der Waals surface area contributed by atoms with E-state index in [1.54, 1.807) is 13.2 Å². The molecular weight excluding hydrogens is 354 g/mol. The molecule has 0 bridgehead atoms. The van der Waals surface area contributed by atoms with Gasteiger partial charge in [0.15, 0.2) is 4.77 Å². The van der Waals surface area contributed by atoms with E-state index in [2.05, 4.69) is 4.98 Å². The topological polar surface area (TPSA) is 29.9 Å². The first kappa shape index (κ1) is 13.0. The third-order valence-electron chi connectivity index (χ3n) is 2.55. The van der Waals surface area contributed by atoms with Gasteiger partial charge < -0.3 is 14.3 Å².